The summed E-state index contributed by atoms with van der Waals surface area (Å²) >= 11 is 2.69. The monoisotopic (exact) mass is 871 g/mol. The molecule has 9 aromatic rings. The molecule has 0 N–H and O–H groups in total. The molecule has 0 saturated heterocycles. The van der Waals surface area contributed by atoms with Gasteiger partial charge in [0.05, 0.1) is 23.8 Å². The minimum atomic E-state index is -0.877. The molecule has 9 rings (SSSR count). The van der Waals surface area contributed by atoms with Crippen molar-refractivity contribution in [3.63, 3.8) is 0 Å². The van der Waals surface area contributed by atoms with E-state index in [1.54, 1.807) is 0 Å². The normalized spacial score (nSPS) is 10.3. The van der Waals surface area contributed by atoms with Crippen molar-refractivity contribution in [2.24, 2.45) is 0 Å². The molecule has 0 nitrogen and oxygen atoms in total. The van der Waals surface area contributed by atoms with E-state index in [9.17, 15) is 0 Å². The molecule has 5 heteroatoms. The number of hydrogen-bond donors (Lipinski definition) is 0. The maximum Gasteiger partial charge on any atom is 0.102 e. The smallest absolute Gasteiger partial charge is 0.0620 e. The Kier molecular flexibility index (Phi) is 18.1. The summed E-state index contributed by atoms with van der Waals surface area (Å²) in [5.74, 6) is 0. The standard InChI is InChI=1S/3C18H15P.Cu.FH/c3*1-4-10-16(11-5-1)19(17-12-6-2-7-13-17)18-14-8-3-9-15-18;;/h3*1-15H;;1H/q;;;+1;/p+2. The molecule has 0 aliphatic heterocycles. The van der Waals surface area contributed by atoms with Crippen LogP contribution in [0.5, 0.6) is 0 Å². The van der Waals surface area contributed by atoms with Gasteiger partial charge in [-0.25, -0.2) is 0 Å². The van der Waals surface area contributed by atoms with Gasteiger partial charge in [0.15, 0.2) is 0 Å². The van der Waals surface area contributed by atoms with Crippen LogP contribution in [0.2, 0.25) is 0 Å². The van der Waals surface area contributed by atoms with Gasteiger partial charge in [-0.15, -0.1) is 0 Å². The fraction of sp³-hybridized carbons (Fsp3) is 0. The van der Waals surface area contributed by atoms with Gasteiger partial charge in [-0.3, -0.25) is 0 Å². The Bertz CT molecular complexity index is 1870. The van der Waals surface area contributed by atoms with Crippen LogP contribution in [-0.4, -0.2) is 0 Å². The molecular formula is C54H48CuFP3+3. The van der Waals surface area contributed by atoms with E-state index in [2.05, 4.69) is 289 Å². The van der Waals surface area contributed by atoms with Crippen molar-refractivity contribution in [3.05, 3.63) is 273 Å². The molecule has 0 heterocycles. The first-order valence-electron chi connectivity index (χ1n) is 19.6. The van der Waals surface area contributed by atoms with Crippen molar-refractivity contribution in [1.29, 1.82) is 0 Å². The Morgan fingerprint density at radius 3 is 0.339 bits per heavy atom. The van der Waals surface area contributed by atoms with Crippen LogP contribution < -0.4 is 47.7 Å². The first-order valence-corrected chi connectivity index (χ1v) is 24.4. The molecule has 0 amide bonds. The van der Waals surface area contributed by atoms with Gasteiger partial charge in [-0.05, 0) is 109 Å². The van der Waals surface area contributed by atoms with Gasteiger partial charge in [0.1, 0.15) is 47.7 Å². The second-order valence-electron chi connectivity index (χ2n) is 13.4. The second-order valence-corrected chi connectivity index (χ2v) is 20.9. The molecule has 0 radical (unpaired) electrons. The van der Waals surface area contributed by atoms with E-state index in [4.69, 9.17) is 3.55 Å². The molecule has 0 aliphatic carbocycles. The second kappa shape index (κ2) is 24.6. The van der Waals surface area contributed by atoms with Crippen LogP contribution in [0, 0.1) is 0 Å². The molecule has 9 aromatic carbocycles. The van der Waals surface area contributed by atoms with E-state index < -0.39 is 23.8 Å². The Balaban J connectivity index is 0.000000146. The molecule has 0 atom stereocenters. The number of hydrogen-bond acceptors (Lipinski definition) is 0. The molecule has 0 spiro atoms. The summed E-state index contributed by atoms with van der Waals surface area (Å²) in [5.41, 5.74) is 0. The van der Waals surface area contributed by atoms with Gasteiger partial charge < -0.3 is 0 Å². The van der Waals surface area contributed by atoms with Gasteiger partial charge in [0.25, 0.3) is 0 Å². The summed E-state index contributed by atoms with van der Waals surface area (Å²) in [5, 5.41) is 12.9. The Morgan fingerprint density at radius 2 is 0.254 bits per heavy atom. The van der Waals surface area contributed by atoms with Crippen molar-refractivity contribution in [1.82, 2.24) is 0 Å². The average Bonchev–Trinajstić information content (AvgIpc) is 3.34. The molecule has 0 saturated carbocycles. The largest absolute Gasteiger partial charge is 0.102 e. The van der Waals surface area contributed by atoms with Gasteiger partial charge >= 0.3 is 20.0 Å². The first-order chi connectivity index (χ1) is 29.3. The van der Waals surface area contributed by atoms with E-state index >= 15 is 0 Å². The van der Waals surface area contributed by atoms with E-state index in [0.717, 1.165) is 0 Å². The van der Waals surface area contributed by atoms with Crippen molar-refractivity contribution in [2.45, 2.75) is 0 Å². The SMILES string of the molecule is [F][Cu].c1ccc([PH+](c2ccccc2)c2ccccc2)cc1.c1ccc([PH+](c2ccccc2)c2ccccc2)cc1.c1ccc([PH+](c2ccccc2)c2ccccc2)cc1. The van der Waals surface area contributed by atoms with Crippen LogP contribution in [0.25, 0.3) is 0 Å². The fourth-order valence-corrected chi connectivity index (χ4v) is 14.7. The third-order valence-electron chi connectivity index (χ3n) is 9.56. The summed E-state index contributed by atoms with van der Waals surface area (Å²) in [7, 11) is -2.63. The maximum atomic E-state index is 9.06. The quantitative estimate of drug-likeness (QED) is 0.100. The predicted molar refractivity (Wildman–Crippen MR) is 261 cm³/mol. The van der Waals surface area contributed by atoms with E-state index in [-0.39, 0.29) is 0 Å². The van der Waals surface area contributed by atoms with Crippen LogP contribution in [0.3, 0.4) is 0 Å². The summed E-state index contributed by atoms with van der Waals surface area (Å²) < 4.78 is 9.06. The molecule has 0 bridgehead atoms. The maximum absolute atomic E-state index is 9.06. The Hall–Kier alpha value is -5.28. The number of halogens is 1. The molecule has 0 aliphatic rings. The third-order valence-corrected chi connectivity index (χ3v) is 17.8. The topological polar surface area (TPSA) is 0 Å². The summed E-state index contributed by atoms with van der Waals surface area (Å²) in [6.45, 7) is 0. The zero-order valence-corrected chi connectivity index (χ0v) is 36.6. The summed E-state index contributed by atoms with van der Waals surface area (Å²) in [6, 6.07) is 97.5. The van der Waals surface area contributed by atoms with Crippen LogP contribution in [-0.2, 0) is 16.5 Å². The molecule has 294 valence electrons. The molecule has 0 unspecified atom stereocenters. The van der Waals surface area contributed by atoms with Crippen LogP contribution in [0.1, 0.15) is 0 Å². The minimum Gasteiger partial charge on any atom is -0.0620 e. The molecule has 0 fully saturated rings. The van der Waals surface area contributed by atoms with Gasteiger partial charge in [0, 0.05) is 0 Å². The number of rotatable bonds is 9. The van der Waals surface area contributed by atoms with Crippen LogP contribution in [0.15, 0.2) is 273 Å². The van der Waals surface area contributed by atoms with Gasteiger partial charge in [-0.1, -0.05) is 164 Å². The third kappa shape index (κ3) is 12.9. The Morgan fingerprint density at radius 1 is 0.169 bits per heavy atom. The van der Waals surface area contributed by atoms with Crippen molar-refractivity contribution in [3.8, 4) is 0 Å². The summed E-state index contributed by atoms with van der Waals surface area (Å²) in [4.78, 5) is 0. The van der Waals surface area contributed by atoms with E-state index in [1.165, 1.54) is 47.7 Å². The Labute approximate surface area is 362 Å². The van der Waals surface area contributed by atoms with Crippen molar-refractivity contribution < 1.29 is 20.0 Å². The van der Waals surface area contributed by atoms with E-state index in [0.29, 0.717) is 0 Å². The van der Waals surface area contributed by atoms with Gasteiger partial charge in [0.2, 0.25) is 0 Å². The number of benzene rings is 9. The van der Waals surface area contributed by atoms with E-state index in [1.807, 2.05) is 0 Å². The van der Waals surface area contributed by atoms with Crippen LogP contribution >= 0.6 is 23.8 Å². The minimum absolute atomic E-state index is 0.877. The average molecular weight is 872 g/mol. The molecule has 0 aromatic heterocycles. The zero-order valence-electron chi connectivity index (χ0n) is 32.7. The predicted octanol–water partition coefficient (Wildman–Crippen LogP) is 9.95. The van der Waals surface area contributed by atoms with Crippen LogP contribution in [0.4, 0.5) is 3.55 Å². The fourth-order valence-electron chi connectivity index (χ4n) is 6.94. The van der Waals surface area contributed by atoms with Crippen molar-refractivity contribution >= 4 is 71.5 Å². The van der Waals surface area contributed by atoms with Crippen molar-refractivity contribution in [2.75, 3.05) is 0 Å². The molecular weight excluding hydrogens is 824 g/mol. The first kappa shape index (κ1) is 43.3. The zero-order chi connectivity index (χ0) is 40.7. The molecule has 59 heavy (non-hydrogen) atoms. The van der Waals surface area contributed by atoms with Gasteiger partial charge in [-0.2, -0.15) is 0 Å². The summed E-state index contributed by atoms with van der Waals surface area (Å²) in [6.07, 6.45) is 0.